The number of hydrogen-bond acceptors (Lipinski definition) is 3. The number of nitrogens with zero attached hydrogens (tertiary/aromatic N) is 2. The molecule has 6 nitrogen and oxygen atoms in total. The second-order valence-corrected chi connectivity index (χ2v) is 9.26. The Morgan fingerprint density at radius 3 is 2.26 bits per heavy atom. The van der Waals surface area contributed by atoms with Gasteiger partial charge in [-0.2, -0.15) is 0 Å². The number of nitrogens with one attached hydrogen (secondary N) is 1. The highest BCUT2D eigenvalue weighted by Crippen LogP contribution is 2.48. The van der Waals surface area contributed by atoms with Crippen LogP contribution in [-0.2, 0) is 14.4 Å². The van der Waals surface area contributed by atoms with Gasteiger partial charge in [0.05, 0.1) is 6.04 Å². The molecule has 2 saturated carbocycles. The normalized spacial score (nSPS) is 28.7. The minimum atomic E-state index is -0.545. The van der Waals surface area contributed by atoms with Gasteiger partial charge in [-0.1, -0.05) is 20.3 Å². The molecule has 1 aliphatic heterocycles. The van der Waals surface area contributed by atoms with Crippen molar-refractivity contribution in [1.82, 2.24) is 15.1 Å². The predicted octanol–water partition coefficient (Wildman–Crippen LogP) is 2.03. The van der Waals surface area contributed by atoms with Gasteiger partial charge in [0.1, 0.15) is 0 Å². The summed E-state index contributed by atoms with van der Waals surface area (Å²) in [5.74, 6) is 1.03. The summed E-state index contributed by atoms with van der Waals surface area (Å²) < 4.78 is 0. The molecule has 3 fully saturated rings. The molecule has 3 atom stereocenters. The van der Waals surface area contributed by atoms with Crippen molar-refractivity contribution >= 4 is 17.7 Å². The third kappa shape index (κ3) is 4.46. The van der Waals surface area contributed by atoms with Crippen LogP contribution >= 0.6 is 0 Å². The molecule has 1 saturated heterocycles. The quantitative estimate of drug-likeness (QED) is 0.762. The summed E-state index contributed by atoms with van der Waals surface area (Å²) in [6, 6.07) is -0.0746. The van der Waals surface area contributed by atoms with Crippen molar-refractivity contribution in [1.29, 1.82) is 0 Å². The number of carbonyl (C=O) groups excluding carboxylic acids is 3. The van der Waals surface area contributed by atoms with Gasteiger partial charge in [-0.05, 0) is 57.3 Å². The molecule has 0 aromatic rings. The van der Waals surface area contributed by atoms with E-state index in [1.807, 2.05) is 18.7 Å². The fourth-order valence-corrected chi connectivity index (χ4v) is 4.90. The molecule has 0 radical (unpaired) electrons. The summed E-state index contributed by atoms with van der Waals surface area (Å²) in [6.07, 6.45) is 5.95. The van der Waals surface area contributed by atoms with E-state index in [0.29, 0.717) is 31.5 Å². The molecule has 0 aromatic carbocycles. The topological polar surface area (TPSA) is 69.7 Å². The maximum absolute atomic E-state index is 13.4. The average molecular weight is 378 g/mol. The first-order chi connectivity index (χ1) is 12.8. The van der Waals surface area contributed by atoms with Crippen LogP contribution < -0.4 is 5.32 Å². The van der Waals surface area contributed by atoms with Crippen LogP contribution in [0.1, 0.15) is 59.8 Å². The molecule has 1 heterocycles. The van der Waals surface area contributed by atoms with Crippen LogP contribution in [0.2, 0.25) is 0 Å². The Kier molecular flexibility index (Phi) is 6.11. The monoisotopic (exact) mass is 377 g/mol. The summed E-state index contributed by atoms with van der Waals surface area (Å²) in [6.45, 7) is 9.32. The van der Waals surface area contributed by atoms with E-state index in [1.54, 1.807) is 4.90 Å². The lowest BCUT2D eigenvalue weighted by molar-refractivity contribution is -0.152. The SMILES string of the molecule is CC(C)NC(=O)C(=O)N1CCN(C(=O)[C@@H]2CCC[C@H]2C2CC2)[C@@H](C(C)C)C1. The molecule has 0 unspecified atom stereocenters. The Bertz CT molecular complexity index is 585. The molecule has 3 aliphatic rings. The van der Waals surface area contributed by atoms with Crippen molar-refractivity contribution in [3.05, 3.63) is 0 Å². The van der Waals surface area contributed by atoms with Crippen LogP contribution in [0.5, 0.6) is 0 Å². The Balaban J connectivity index is 1.66. The van der Waals surface area contributed by atoms with Crippen LogP contribution in [0.3, 0.4) is 0 Å². The van der Waals surface area contributed by atoms with Gasteiger partial charge < -0.3 is 15.1 Å². The molecular weight excluding hydrogens is 342 g/mol. The van der Waals surface area contributed by atoms with Crippen LogP contribution in [0.4, 0.5) is 0 Å². The lowest BCUT2D eigenvalue weighted by atomic mass is 9.88. The second kappa shape index (κ2) is 8.19. The van der Waals surface area contributed by atoms with Gasteiger partial charge in [-0.3, -0.25) is 14.4 Å². The smallest absolute Gasteiger partial charge is 0.312 e. The molecular formula is C21H35N3O3. The first-order valence-electron chi connectivity index (χ1n) is 10.7. The van der Waals surface area contributed by atoms with Crippen molar-refractivity contribution in [2.75, 3.05) is 19.6 Å². The van der Waals surface area contributed by atoms with Gasteiger partial charge in [0.25, 0.3) is 0 Å². The Morgan fingerprint density at radius 1 is 0.963 bits per heavy atom. The standard InChI is InChI=1S/C21H35N3O3/c1-13(2)18-12-23(21(27)19(25)22-14(3)4)10-11-24(18)20(26)17-7-5-6-16(17)15-8-9-15/h13-18H,5-12H2,1-4H3,(H,22,25)/t16-,17+,18+/m0/s1. The second-order valence-electron chi connectivity index (χ2n) is 9.26. The molecule has 2 aliphatic carbocycles. The van der Waals surface area contributed by atoms with Crippen LogP contribution in [-0.4, -0.2) is 59.2 Å². The van der Waals surface area contributed by atoms with Crippen molar-refractivity contribution in [3.8, 4) is 0 Å². The van der Waals surface area contributed by atoms with Crippen molar-refractivity contribution in [2.45, 2.75) is 71.9 Å². The van der Waals surface area contributed by atoms with Gasteiger partial charge >= 0.3 is 11.8 Å². The summed E-state index contributed by atoms with van der Waals surface area (Å²) in [5, 5.41) is 2.68. The van der Waals surface area contributed by atoms with E-state index in [0.717, 1.165) is 18.8 Å². The van der Waals surface area contributed by atoms with E-state index in [1.165, 1.54) is 19.3 Å². The average Bonchev–Trinajstić information content (AvgIpc) is 3.35. The molecule has 0 bridgehead atoms. The third-order valence-electron chi connectivity index (χ3n) is 6.49. The summed E-state index contributed by atoms with van der Waals surface area (Å²) in [7, 11) is 0. The van der Waals surface area contributed by atoms with Crippen LogP contribution in [0, 0.1) is 23.7 Å². The van der Waals surface area contributed by atoms with Crippen LogP contribution in [0.25, 0.3) is 0 Å². The molecule has 3 amide bonds. The van der Waals surface area contributed by atoms with Gasteiger partial charge in [0.2, 0.25) is 5.91 Å². The molecule has 27 heavy (non-hydrogen) atoms. The molecule has 1 N–H and O–H groups in total. The van der Waals surface area contributed by atoms with E-state index in [-0.39, 0.29) is 23.9 Å². The van der Waals surface area contributed by atoms with Gasteiger partial charge in [0.15, 0.2) is 0 Å². The molecule has 3 rings (SSSR count). The van der Waals surface area contributed by atoms with Crippen molar-refractivity contribution in [2.24, 2.45) is 23.7 Å². The van der Waals surface area contributed by atoms with Gasteiger partial charge in [-0.15, -0.1) is 0 Å². The zero-order valence-corrected chi connectivity index (χ0v) is 17.2. The summed E-state index contributed by atoms with van der Waals surface area (Å²) in [4.78, 5) is 41.6. The molecule has 6 heteroatoms. The predicted molar refractivity (Wildman–Crippen MR) is 104 cm³/mol. The van der Waals surface area contributed by atoms with E-state index in [4.69, 9.17) is 0 Å². The minimum Gasteiger partial charge on any atom is -0.346 e. The van der Waals surface area contributed by atoms with Crippen molar-refractivity contribution < 1.29 is 14.4 Å². The number of carbonyl (C=O) groups is 3. The Hall–Kier alpha value is -1.59. The first kappa shape index (κ1) is 20.2. The Labute approximate surface area is 163 Å². The maximum Gasteiger partial charge on any atom is 0.312 e. The van der Waals surface area contributed by atoms with E-state index < -0.39 is 11.8 Å². The zero-order valence-electron chi connectivity index (χ0n) is 17.2. The first-order valence-corrected chi connectivity index (χ1v) is 10.7. The minimum absolute atomic E-state index is 0.0116. The summed E-state index contributed by atoms with van der Waals surface area (Å²) in [5.41, 5.74) is 0. The Morgan fingerprint density at radius 2 is 1.67 bits per heavy atom. The fraction of sp³-hybridized carbons (Fsp3) is 0.857. The zero-order chi connectivity index (χ0) is 19.7. The maximum atomic E-state index is 13.4. The summed E-state index contributed by atoms with van der Waals surface area (Å²) >= 11 is 0. The van der Waals surface area contributed by atoms with Crippen LogP contribution in [0.15, 0.2) is 0 Å². The largest absolute Gasteiger partial charge is 0.346 e. The lowest BCUT2D eigenvalue weighted by Gasteiger charge is -2.44. The highest BCUT2D eigenvalue weighted by molar-refractivity contribution is 6.35. The van der Waals surface area contributed by atoms with E-state index >= 15 is 0 Å². The number of piperazine rings is 1. The molecule has 0 aromatic heterocycles. The molecule has 152 valence electrons. The molecule has 0 spiro atoms. The lowest BCUT2D eigenvalue weighted by Crippen LogP contribution is -2.61. The fourth-order valence-electron chi connectivity index (χ4n) is 4.90. The highest BCUT2D eigenvalue weighted by Gasteiger charge is 2.46. The van der Waals surface area contributed by atoms with Gasteiger partial charge in [-0.25, -0.2) is 0 Å². The number of amides is 3. The number of hydrogen-bond donors (Lipinski definition) is 1. The third-order valence-corrected chi connectivity index (χ3v) is 6.49. The van der Waals surface area contributed by atoms with Gasteiger partial charge in [0, 0.05) is 31.6 Å². The van der Waals surface area contributed by atoms with E-state index in [2.05, 4.69) is 19.2 Å². The van der Waals surface area contributed by atoms with Crippen molar-refractivity contribution in [3.63, 3.8) is 0 Å². The van der Waals surface area contributed by atoms with E-state index in [9.17, 15) is 14.4 Å². The highest BCUT2D eigenvalue weighted by atomic mass is 16.2. The number of rotatable bonds is 4.